The fraction of sp³-hybridized carbons (Fsp3) is 0.600. The van der Waals surface area contributed by atoms with E-state index in [1.165, 1.54) is 30.9 Å². The van der Waals surface area contributed by atoms with Crippen LogP contribution in [0.5, 0.6) is 0 Å². The van der Waals surface area contributed by atoms with Crippen LogP contribution in [0.1, 0.15) is 37.7 Å². The lowest BCUT2D eigenvalue weighted by molar-refractivity contribution is 0.128. The Labute approximate surface area is 123 Å². The molecule has 0 aliphatic heterocycles. The molecule has 2 N–H and O–H groups in total. The summed E-state index contributed by atoms with van der Waals surface area (Å²) in [6.07, 6.45) is 7.78. The van der Waals surface area contributed by atoms with Crippen molar-refractivity contribution in [3.63, 3.8) is 0 Å². The van der Waals surface area contributed by atoms with Crippen LogP contribution in [0.25, 0.3) is 0 Å². The second-order valence-corrected chi connectivity index (χ2v) is 5.40. The Hall–Kier alpha value is -1.82. The highest BCUT2D eigenvalue weighted by Crippen LogP contribution is 2.22. The van der Waals surface area contributed by atoms with Gasteiger partial charge in [-0.25, -0.2) is 4.79 Å². The average molecular weight is 293 g/mol. The zero-order valence-electron chi connectivity index (χ0n) is 12.5. The number of H-pyrrole nitrogens is 1. The SMILES string of the molecule is C=CCc1c(NC2CCCCC2)n(COC)c(=O)[nH]c1=O. The van der Waals surface area contributed by atoms with Crippen molar-refractivity contribution in [1.82, 2.24) is 9.55 Å². The fourth-order valence-corrected chi connectivity index (χ4v) is 2.80. The normalized spacial score (nSPS) is 15.9. The van der Waals surface area contributed by atoms with E-state index >= 15 is 0 Å². The number of rotatable bonds is 6. The summed E-state index contributed by atoms with van der Waals surface area (Å²) in [6.45, 7) is 3.79. The zero-order valence-corrected chi connectivity index (χ0v) is 12.5. The molecule has 1 heterocycles. The molecule has 6 heteroatoms. The van der Waals surface area contributed by atoms with Gasteiger partial charge < -0.3 is 10.1 Å². The first-order valence-corrected chi connectivity index (χ1v) is 7.39. The van der Waals surface area contributed by atoms with Crippen LogP contribution in [-0.2, 0) is 17.9 Å². The van der Waals surface area contributed by atoms with Gasteiger partial charge in [-0.05, 0) is 19.3 Å². The smallest absolute Gasteiger partial charge is 0.331 e. The second kappa shape index (κ2) is 7.26. The Bertz CT molecular complexity index is 597. The van der Waals surface area contributed by atoms with Crippen molar-refractivity contribution in [2.24, 2.45) is 0 Å². The summed E-state index contributed by atoms with van der Waals surface area (Å²) >= 11 is 0. The molecule has 6 nitrogen and oxygen atoms in total. The molecule has 116 valence electrons. The molecule has 1 aromatic heterocycles. The van der Waals surface area contributed by atoms with Gasteiger partial charge >= 0.3 is 5.69 Å². The van der Waals surface area contributed by atoms with E-state index < -0.39 is 5.69 Å². The quantitative estimate of drug-likeness (QED) is 0.781. The number of hydrogen-bond donors (Lipinski definition) is 2. The van der Waals surface area contributed by atoms with Crippen molar-refractivity contribution < 1.29 is 4.74 Å². The summed E-state index contributed by atoms with van der Waals surface area (Å²) in [5.41, 5.74) is -0.272. The Morgan fingerprint density at radius 1 is 1.38 bits per heavy atom. The maximum atomic E-state index is 12.1. The van der Waals surface area contributed by atoms with E-state index in [1.54, 1.807) is 6.08 Å². The first-order valence-electron chi connectivity index (χ1n) is 7.39. The molecule has 0 atom stereocenters. The molecule has 1 aliphatic carbocycles. The molecule has 0 saturated heterocycles. The average Bonchev–Trinajstić information content (AvgIpc) is 2.48. The molecule has 1 aliphatic rings. The van der Waals surface area contributed by atoms with E-state index in [1.807, 2.05) is 0 Å². The largest absolute Gasteiger partial charge is 0.368 e. The van der Waals surface area contributed by atoms with Crippen molar-refractivity contribution in [3.05, 3.63) is 39.1 Å². The van der Waals surface area contributed by atoms with Gasteiger partial charge in [0.15, 0.2) is 0 Å². The number of nitrogens with zero attached hydrogens (tertiary/aromatic N) is 1. The molecule has 0 amide bonds. The zero-order chi connectivity index (χ0) is 15.2. The molecule has 21 heavy (non-hydrogen) atoms. The number of hydrogen-bond acceptors (Lipinski definition) is 4. The van der Waals surface area contributed by atoms with E-state index in [9.17, 15) is 9.59 Å². The maximum absolute atomic E-state index is 12.1. The first kappa shape index (κ1) is 15.6. The Morgan fingerprint density at radius 2 is 2.10 bits per heavy atom. The van der Waals surface area contributed by atoms with Gasteiger partial charge in [-0.3, -0.25) is 14.3 Å². The highest BCUT2D eigenvalue weighted by Gasteiger charge is 2.19. The van der Waals surface area contributed by atoms with Gasteiger partial charge in [0.1, 0.15) is 12.5 Å². The molecular formula is C15H23N3O3. The van der Waals surface area contributed by atoms with Crippen LogP contribution in [0, 0.1) is 0 Å². The number of ether oxygens (including phenoxy) is 1. The van der Waals surface area contributed by atoms with Crippen LogP contribution in [0.2, 0.25) is 0 Å². The Kier molecular flexibility index (Phi) is 5.38. The van der Waals surface area contributed by atoms with Gasteiger partial charge in [0.05, 0.1) is 5.56 Å². The number of anilines is 1. The molecule has 0 spiro atoms. The molecule has 0 bridgehead atoms. The van der Waals surface area contributed by atoms with Crippen LogP contribution in [-0.4, -0.2) is 22.7 Å². The Balaban J connectivity index is 2.43. The van der Waals surface area contributed by atoms with E-state index in [0.717, 1.165) is 12.8 Å². The third kappa shape index (κ3) is 3.64. The first-order chi connectivity index (χ1) is 10.2. The molecule has 1 aromatic rings. The van der Waals surface area contributed by atoms with Crippen molar-refractivity contribution in [2.45, 2.75) is 51.3 Å². The monoisotopic (exact) mass is 293 g/mol. The van der Waals surface area contributed by atoms with Gasteiger partial charge in [-0.15, -0.1) is 6.58 Å². The molecule has 0 unspecified atom stereocenters. The summed E-state index contributed by atoms with van der Waals surface area (Å²) in [7, 11) is 1.52. The third-order valence-electron chi connectivity index (χ3n) is 3.85. The fourth-order valence-electron chi connectivity index (χ4n) is 2.80. The Morgan fingerprint density at radius 3 is 2.71 bits per heavy atom. The number of allylic oxidation sites excluding steroid dienone is 1. The minimum atomic E-state index is -0.451. The second-order valence-electron chi connectivity index (χ2n) is 5.40. The summed E-state index contributed by atoms with van der Waals surface area (Å²) in [6, 6.07) is 0.298. The standard InChI is InChI=1S/C15H23N3O3/c1-3-7-12-13(16-11-8-5-4-6-9-11)18(10-21-2)15(20)17-14(12)19/h3,11,16H,1,4-10H2,2H3,(H,17,19,20). The van der Waals surface area contributed by atoms with Gasteiger partial charge in [0, 0.05) is 13.2 Å². The molecule has 0 aromatic carbocycles. The van der Waals surface area contributed by atoms with Crippen molar-refractivity contribution in [2.75, 3.05) is 12.4 Å². The number of methoxy groups -OCH3 is 1. The highest BCUT2D eigenvalue weighted by atomic mass is 16.5. The van der Waals surface area contributed by atoms with E-state index in [-0.39, 0.29) is 12.3 Å². The van der Waals surface area contributed by atoms with Crippen molar-refractivity contribution in [3.8, 4) is 0 Å². The summed E-state index contributed by atoms with van der Waals surface area (Å²) in [5.74, 6) is 0.567. The van der Waals surface area contributed by atoms with E-state index in [2.05, 4.69) is 16.9 Å². The van der Waals surface area contributed by atoms with Gasteiger partial charge in [-0.1, -0.05) is 25.3 Å². The van der Waals surface area contributed by atoms with Crippen LogP contribution in [0.15, 0.2) is 22.2 Å². The topological polar surface area (TPSA) is 76.1 Å². The van der Waals surface area contributed by atoms with Crippen molar-refractivity contribution in [1.29, 1.82) is 0 Å². The van der Waals surface area contributed by atoms with Crippen molar-refractivity contribution >= 4 is 5.82 Å². The molecule has 2 rings (SSSR count). The van der Waals surface area contributed by atoms with Gasteiger partial charge in [0.25, 0.3) is 5.56 Å². The van der Waals surface area contributed by atoms with Crippen LogP contribution < -0.4 is 16.6 Å². The van der Waals surface area contributed by atoms with Crippen LogP contribution >= 0.6 is 0 Å². The van der Waals surface area contributed by atoms with Gasteiger partial charge in [-0.2, -0.15) is 0 Å². The lowest BCUT2D eigenvalue weighted by Crippen LogP contribution is -2.37. The van der Waals surface area contributed by atoms with Gasteiger partial charge in [0.2, 0.25) is 0 Å². The summed E-state index contributed by atoms with van der Waals surface area (Å²) in [5, 5.41) is 3.38. The third-order valence-corrected chi connectivity index (χ3v) is 3.85. The number of nitrogens with one attached hydrogen (secondary N) is 2. The predicted octanol–water partition coefficient (Wildman–Crippen LogP) is 1.61. The lowest BCUT2D eigenvalue weighted by atomic mass is 9.95. The summed E-state index contributed by atoms with van der Waals surface area (Å²) < 4.78 is 6.53. The molecular weight excluding hydrogens is 270 g/mol. The van der Waals surface area contributed by atoms with Crippen LogP contribution in [0.3, 0.4) is 0 Å². The lowest BCUT2D eigenvalue weighted by Gasteiger charge is -2.26. The number of aromatic nitrogens is 2. The molecule has 0 radical (unpaired) electrons. The minimum absolute atomic E-state index is 0.106. The number of aromatic amines is 1. The van der Waals surface area contributed by atoms with E-state index in [4.69, 9.17) is 4.74 Å². The molecule has 1 saturated carbocycles. The minimum Gasteiger partial charge on any atom is -0.368 e. The highest BCUT2D eigenvalue weighted by molar-refractivity contribution is 5.45. The molecule has 1 fully saturated rings. The summed E-state index contributed by atoms with van der Waals surface area (Å²) in [4.78, 5) is 26.4. The maximum Gasteiger partial charge on any atom is 0.331 e. The van der Waals surface area contributed by atoms with E-state index in [0.29, 0.717) is 23.8 Å². The predicted molar refractivity (Wildman–Crippen MR) is 82.7 cm³/mol. The van der Waals surface area contributed by atoms with Crippen LogP contribution in [0.4, 0.5) is 5.82 Å².